The van der Waals surface area contributed by atoms with E-state index in [1.165, 1.54) is 21.7 Å². The molecule has 3 rings (SSSR count). The lowest BCUT2D eigenvalue weighted by Crippen LogP contribution is -2.27. The SMILES string of the molecule is O=C(C=Cc1cccs1)NCc1ccc(S(=O)(=O)N2CCCC2)s1. The average Bonchev–Trinajstić information content (AvgIpc) is 3.33. The molecular weight excluding hydrogens is 364 g/mol. The second kappa shape index (κ2) is 7.60. The van der Waals surface area contributed by atoms with Crippen LogP contribution in [0.2, 0.25) is 0 Å². The summed E-state index contributed by atoms with van der Waals surface area (Å²) >= 11 is 2.78. The highest BCUT2D eigenvalue weighted by Crippen LogP contribution is 2.27. The first-order valence-electron chi connectivity index (χ1n) is 7.64. The Labute approximate surface area is 149 Å². The Morgan fingerprint density at radius 3 is 2.75 bits per heavy atom. The number of carbonyl (C=O) groups is 1. The Kier molecular flexibility index (Phi) is 5.50. The van der Waals surface area contributed by atoms with Gasteiger partial charge >= 0.3 is 0 Å². The molecule has 1 amide bonds. The van der Waals surface area contributed by atoms with Gasteiger partial charge < -0.3 is 5.32 Å². The normalized spacial score (nSPS) is 16.0. The van der Waals surface area contributed by atoms with Crippen LogP contribution in [0.25, 0.3) is 6.08 Å². The maximum atomic E-state index is 12.5. The average molecular weight is 383 g/mol. The lowest BCUT2D eigenvalue weighted by molar-refractivity contribution is -0.116. The van der Waals surface area contributed by atoms with Crippen molar-refractivity contribution >= 4 is 44.7 Å². The number of nitrogens with zero attached hydrogens (tertiary/aromatic N) is 1. The molecule has 0 radical (unpaired) electrons. The Morgan fingerprint density at radius 2 is 2.04 bits per heavy atom. The van der Waals surface area contributed by atoms with Crippen LogP contribution in [0, 0.1) is 0 Å². The summed E-state index contributed by atoms with van der Waals surface area (Å²) < 4.78 is 26.8. The highest BCUT2D eigenvalue weighted by Gasteiger charge is 2.28. The molecule has 1 aliphatic rings. The van der Waals surface area contributed by atoms with E-state index in [9.17, 15) is 13.2 Å². The summed E-state index contributed by atoms with van der Waals surface area (Å²) in [6.07, 6.45) is 5.09. The Morgan fingerprint density at radius 1 is 1.25 bits per heavy atom. The quantitative estimate of drug-likeness (QED) is 0.781. The van der Waals surface area contributed by atoms with Crippen LogP contribution >= 0.6 is 22.7 Å². The Hall–Kier alpha value is -1.48. The predicted molar refractivity (Wildman–Crippen MR) is 97.5 cm³/mol. The van der Waals surface area contributed by atoms with Crippen molar-refractivity contribution in [2.45, 2.75) is 23.6 Å². The van der Waals surface area contributed by atoms with Gasteiger partial charge in [0.25, 0.3) is 10.0 Å². The molecule has 0 bridgehead atoms. The number of rotatable bonds is 6. The zero-order valence-corrected chi connectivity index (χ0v) is 15.4. The van der Waals surface area contributed by atoms with Gasteiger partial charge in [0.2, 0.25) is 5.91 Å². The molecule has 24 heavy (non-hydrogen) atoms. The van der Waals surface area contributed by atoms with Crippen molar-refractivity contribution in [2.24, 2.45) is 0 Å². The molecule has 0 aromatic carbocycles. The summed E-state index contributed by atoms with van der Waals surface area (Å²) in [5, 5.41) is 4.73. The van der Waals surface area contributed by atoms with Crippen molar-refractivity contribution in [3.63, 3.8) is 0 Å². The molecule has 1 saturated heterocycles. The van der Waals surface area contributed by atoms with Crippen LogP contribution in [0.15, 0.2) is 39.9 Å². The first-order valence-corrected chi connectivity index (χ1v) is 10.8. The van der Waals surface area contributed by atoms with E-state index in [1.54, 1.807) is 29.5 Å². The maximum Gasteiger partial charge on any atom is 0.252 e. The van der Waals surface area contributed by atoms with Crippen molar-refractivity contribution in [1.29, 1.82) is 0 Å². The lowest BCUT2D eigenvalue weighted by Gasteiger charge is -2.13. The monoisotopic (exact) mass is 382 g/mol. The summed E-state index contributed by atoms with van der Waals surface area (Å²) in [6.45, 7) is 1.52. The zero-order chi connectivity index (χ0) is 17.0. The van der Waals surface area contributed by atoms with Crippen molar-refractivity contribution in [1.82, 2.24) is 9.62 Å². The Balaban J connectivity index is 1.57. The first kappa shape index (κ1) is 17.3. The first-order chi connectivity index (χ1) is 11.6. The van der Waals surface area contributed by atoms with Crippen molar-refractivity contribution < 1.29 is 13.2 Å². The van der Waals surface area contributed by atoms with Gasteiger partial charge in [-0.15, -0.1) is 22.7 Å². The molecule has 8 heteroatoms. The molecule has 0 atom stereocenters. The summed E-state index contributed by atoms with van der Waals surface area (Å²) in [7, 11) is -3.37. The number of thiophene rings is 2. The van der Waals surface area contributed by atoms with Gasteiger partial charge in [0, 0.05) is 28.9 Å². The Bertz CT molecular complexity index is 817. The molecule has 2 aromatic heterocycles. The fourth-order valence-corrected chi connectivity index (χ4v) is 6.01. The van der Waals surface area contributed by atoms with Gasteiger partial charge in [-0.05, 0) is 42.5 Å². The molecule has 0 unspecified atom stereocenters. The van der Waals surface area contributed by atoms with Crippen LogP contribution < -0.4 is 5.32 Å². The molecule has 1 fully saturated rings. The summed E-state index contributed by atoms with van der Waals surface area (Å²) in [5.41, 5.74) is 0. The zero-order valence-electron chi connectivity index (χ0n) is 13.0. The number of nitrogens with one attached hydrogen (secondary N) is 1. The minimum Gasteiger partial charge on any atom is -0.348 e. The molecular formula is C16H18N2O3S3. The van der Waals surface area contributed by atoms with Gasteiger partial charge in [-0.25, -0.2) is 8.42 Å². The number of carbonyl (C=O) groups excluding carboxylic acids is 1. The topological polar surface area (TPSA) is 66.5 Å². The summed E-state index contributed by atoms with van der Waals surface area (Å²) in [6, 6.07) is 7.25. The fourth-order valence-electron chi connectivity index (χ4n) is 2.42. The third kappa shape index (κ3) is 4.13. The minimum absolute atomic E-state index is 0.194. The van der Waals surface area contributed by atoms with Gasteiger partial charge in [-0.3, -0.25) is 4.79 Å². The van der Waals surface area contributed by atoms with Crippen LogP contribution in [0.3, 0.4) is 0 Å². The molecule has 0 spiro atoms. The van der Waals surface area contributed by atoms with Gasteiger partial charge in [0.15, 0.2) is 0 Å². The number of hydrogen-bond acceptors (Lipinski definition) is 5. The van der Waals surface area contributed by atoms with E-state index in [4.69, 9.17) is 0 Å². The van der Waals surface area contributed by atoms with Crippen LogP contribution in [0.4, 0.5) is 0 Å². The van der Waals surface area contributed by atoms with Crippen molar-refractivity contribution in [2.75, 3.05) is 13.1 Å². The third-order valence-electron chi connectivity index (χ3n) is 3.68. The van der Waals surface area contributed by atoms with E-state index < -0.39 is 10.0 Å². The smallest absolute Gasteiger partial charge is 0.252 e. The van der Waals surface area contributed by atoms with Gasteiger partial charge in [-0.2, -0.15) is 4.31 Å². The van der Waals surface area contributed by atoms with E-state index in [0.717, 1.165) is 22.6 Å². The van der Waals surface area contributed by atoms with Gasteiger partial charge in [-0.1, -0.05) is 6.07 Å². The molecule has 1 N–H and O–H groups in total. The van der Waals surface area contributed by atoms with Crippen LogP contribution in [-0.4, -0.2) is 31.7 Å². The third-order valence-corrected chi connectivity index (χ3v) is 7.96. The second-order valence-electron chi connectivity index (χ2n) is 5.40. The molecule has 128 valence electrons. The fraction of sp³-hybridized carbons (Fsp3) is 0.312. The standard InChI is InChI=1S/C16H18N2O3S3/c19-15(7-5-13-4-3-11-22-13)17-12-14-6-8-16(23-14)24(20,21)18-9-1-2-10-18/h3-8,11H,1-2,9-10,12H2,(H,17,19). The van der Waals surface area contributed by atoms with Gasteiger partial charge in [0.1, 0.15) is 4.21 Å². The largest absolute Gasteiger partial charge is 0.348 e. The van der Waals surface area contributed by atoms with Crippen molar-refractivity contribution in [3.8, 4) is 0 Å². The van der Waals surface area contributed by atoms with Crippen LogP contribution in [0.1, 0.15) is 22.6 Å². The minimum atomic E-state index is -3.37. The van der Waals surface area contributed by atoms with E-state index in [0.29, 0.717) is 23.8 Å². The van der Waals surface area contributed by atoms with E-state index in [-0.39, 0.29) is 5.91 Å². The maximum absolute atomic E-state index is 12.5. The lowest BCUT2D eigenvalue weighted by atomic mass is 10.4. The molecule has 3 heterocycles. The summed E-state index contributed by atoms with van der Waals surface area (Å²) in [5.74, 6) is -0.194. The predicted octanol–water partition coefficient (Wildman–Crippen LogP) is 2.92. The molecule has 1 aliphatic heterocycles. The number of sulfonamides is 1. The number of hydrogen-bond donors (Lipinski definition) is 1. The van der Waals surface area contributed by atoms with Crippen LogP contribution in [0.5, 0.6) is 0 Å². The van der Waals surface area contributed by atoms with Crippen LogP contribution in [-0.2, 0) is 21.4 Å². The summed E-state index contributed by atoms with van der Waals surface area (Å²) in [4.78, 5) is 13.6. The van der Waals surface area contributed by atoms with E-state index >= 15 is 0 Å². The molecule has 2 aromatic rings. The van der Waals surface area contributed by atoms with Crippen molar-refractivity contribution in [3.05, 3.63) is 45.5 Å². The molecule has 0 aliphatic carbocycles. The van der Waals surface area contributed by atoms with E-state index in [2.05, 4.69) is 5.32 Å². The second-order valence-corrected chi connectivity index (χ2v) is 9.71. The number of amides is 1. The van der Waals surface area contributed by atoms with Gasteiger partial charge in [0.05, 0.1) is 6.54 Å². The highest BCUT2D eigenvalue weighted by molar-refractivity contribution is 7.91. The van der Waals surface area contributed by atoms with E-state index in [1.807, 2.05) is 17.5 Å². The highest BCUT2D eigenvalue weighted by atomic mass is 32.2. The molecule has 5 nitrogen and oxygen atoms in total. The molecule has 0 saturated carbocycles.